The van der Waals surface area contributed by atoms with Crippen molar-refractivity contribution in [3.63, 3.8) is 0 Å². The van der Waals surface area contributed by atoms with Gasteiger partial charge in [0.15, 0.2) is 5.82 Å². The van der Waals surface area contributed by atoms with Crippen molar-refractivity contribution in [2.75, 3.05) is 10.6 Å². The highest BCUT2D eigenvalue weighted by atomic mass is 16.2. The molecule has 0 atom stereocenters. The average molecular weight is 374 g/mol. The maximum atomic E-state index is 12.6. The lowest BCUT2D eigenvalue weighted by molar-refractivity contribution is -0.118. The molecule has 0 radical (unpaired) electrons. The molecule has 6 nitrogen and oxygen atoms in total. The van der Waals surface area contributed by atoms with Crippen molar-refractivity contribution < 1.29 is 9.59 Å². The molecule has 3 aromatic rings. The summed E-state index contributed by atoms with van der Waals surface area (Å²) in [4.78, 5) is 30.1. The Morgan fingerprint density at radius 2 is 1.64 bits per heavy atom. The molecular weight excluding hydrogens is 352 g/mol. The van der Waals surface area contributed by atoms with Gasteiger partial charge in [-0.25, -0.2) is 4.98 Å². The van der Waals surface area contributed by atoms with Crippen LogP contribution in [0.3, 0.4) is 0 Å². The zero-order valence-corrected chi connectivity index (χ0v) is 15.6. The molecule has 3 rings (SSSR count). The Labute approximate surface area is 163 Å². The van der Waals surface area contributed by atoms with E-state index in [-0.39, 0.29) is 5.91 Å². The Hall–Kier alpha value is -3.67. The second-order valence-electron chi connectivity index (χ2n) is 6.37. The number of rotatable bonds is 6. The van der Waals surface area contributed by atoms with Crippen LogP contribution >= 0.6 is 0 Å². The van der Waals surface area contributed by atoms with Crippen LogP contribution in [0.2, 0.25) is 0 Å². The molecule has 0 fully saturated rings. The number of hydrogen-bond donors (Lipinski definition) is 2. The fraction of sp³-hybridized carbons (Fsp3) is 0.136. The first-order valence-electron chi connectivity index (χ1n) is 9.00. The standard InChI is InChI=1S/C22H22N4O2/c1-2-20(27)26(14-15-8-10-17(11-9-15)21(24)28)22-18(23)12-13-19(25-22)16-6-4-3-5-7-16/h3-13H,2,14,23H2,1H3,(H2,24,28). The van der Waals surface area contributed by atoms with Crippen LogP contribution in [-0.4, -0.2) is 16.8 Å². The van der Waals surface area contributed by atoms with E-state index in [1.165, 1.54) is 0 Å². The van der Waals surface area contributed by atoms with Gasteiger partial charge in [0, 0.05) is 17.5 Å². The van der Waals surface area contributed by atoms with Crippen molar-refractivity contribution in [2.24, 2.45) is 5.73 Å². The van der Waals surface area contributed by atoms with Crippen LogP contribution in [0.4, 0.5) is 11.5 Å². The van der Waals surface area contributed by atoms with Crippen LogP contribution in [0.15, 0.2) is 66.7 Å². The number of nitrogen functional groups attached to an aromatic ring is 1. The number of anilines is 2. The molecule has 1 aromatic heterocycles. The van der Waals surface area contributed by atoms with E-state index >= 15 is 0 Å². The van der Waals surface area contributed by atoms with Gasteiger partial charge in [-0.15, -0.1) is 0 Å². The van der Waals surface area contributed by atoms with Crippen molar-refractivity contribution in [3.05, 3.63) is 77.9 Å². The van der Waals surface area contributed by atoms with Gasteiger partial charge < -0.3 is 11.5 Å². The van der Waals surface area contributed by atoms with E-state index < -0.39 is 5.91 Å². The number of nitrogens with two attached hydrogens (primary N) is 2. The number of amides is 2. The quantitative estimate of drug-likeness (QED) is 0.690. The van der Waals surface area contributed by atoms with Crippen molar-refractivity contribution in [1.82, 2.24) is 4.98 Å². The number of carbonyl (C=O) groups is 2. The zero-order chi connectivity index (χ0) is 20.1. The molecule has 0 bridgehead atoms. The third-order valence-corrected chi connectivity index (χ3v) is 4.41. The Morgan fingerprint density at radius 1 is 0.964 bits per heavy atom. The summed E-state index contributed by atoms with van der Waals surface area (Å²) in [6.45, 7) is 2.09. The average Bonchev–Trinajstić information content (AvgIpc) is 2.73. The Kier molecular flexibility index (Phi) is 5.69. The third kappa shape index (κ3) is 4.17. The summed E-state index contributed by atoms with van der Waals surface area (Å²) >= 11 is 0. The Balaban J connectivity index is 1.97. The van der Waals surface area contributed by atoms with Gasteiger partial charge in [0.25, 0.3) is 0 Å². The first-order chi connectivity index (χ1) is 13.5. The number of aromatic nitrogens is 1. The SMILES string of the molecule is CCC(=O)N(Cc1ccc(C(N)=O)cc1)c1nc(-c2ccccc2)ccc1N. The molecule has 1 heterocycles. The maximum Gasteiger partial charge on any atom is 0.248 e. The van der Waals surface area contributed by atoms with E-state index in [0.717, 1.165) is 16.8 Å². The van der Waals surface area contributed by atoms with Crippen LogP contribution in [0.5, 0.6) is 0 Å². The summed E-state index contributed by atoms with van der Waals surface area (Å²) in [6, 6.07) is 20.1. The van der Waals surface area contributed by atoms with Crippen molar-refractivity contribution in [3.8, 4) is 11.3 Å². The summed E-state index contributed by atoms with van der Waals surface area (Å²) in [7, 11) is 0. The lowest BCUT2D eigenvalue weighted by atomic mass is 10.1. The number of carbonyl (C=O) groups excluding carboxylic acids is 2. The number of nitrogens with zero attached hydrogens (tertiary/aromatic N) is 2. The van der Waals surface area contributed by atoms with E-state index in [4.69, 9.17) is 11.5 Å². The lowest BCUT2D eigenvalue weighted by Crippen LogP contribution is -2.31. The van der Waals surface area contributed by atoms with Crippen molar-refractivity contribution >= 4 is 23.3 Å². The number of hydrogen-bond acceptors (Lipinski definition) is 4. The number of pyridine rings is 1. The number of primary amides is 1. The molecule has 0 aliphatic heterocycles. The Bertz CT molecular complexity index is 985. The minimum absolute atomic E-state index is 0.0941. The monoisotopic (exact) mass is 374 g/mol. The second kappa shape index (κ2) is 8.35. The molecule has 4 N–H and O–H groups in total. The van der Waals surface area contributed by atoms with E-state index in [0.29, 0.717) is 30.0 Å². The van der Waals surface area contributed by atoms with Gasteiger partial charge in [0.1, 0.15) is 0 Å². The predicted molar refractivity (Wildman–Crippen MR) is 111 cm³/mol. The smallest absolute Gasteiger partial charge is 0.248 e. The molecule has 0 aliphatic carbocycles. The van der Waals surface area contributed by atoms with Crippen molar-refractivity contribution in [1.29, 1.82) is 0 Å². The van der Waals surface area contributed by atoms with Gasteiger partial charge >= 0.3 is 0 Å². The molecule has 0 saturated carbocycles. The highest BCUT2D eigenvalue weighted by Gasteiger charge is 2.19. The summed E-state index contributed by atoms with van der Waals surface area (Å²) in [5, 5.41) is 0. The lowest BCUT2D eigenvalue weighted by Gasteiger charge is -2.23. The topological polar surface area (TPSA) is 102 Å². The van der Waals surface area contributed by atoms with Crippen LogP contribution in [0, 0.1) is 0 Å². The fourth-order valence-corrected chi connectivity index (χ4v) is 2.87. The van der Waals surface area contributed by atoms with Crippen molar-refractivity contribution in [2.45, 2.75) is 19.9 Å². The van der Waals surface area contributed by atoms with Crippen LogP contribution < -0.4 is 16.4 Å². The highest BCUT2D eigenvalue weighted by molar-refractivity contribution is 5.95. The van der Waals surface area contributed by atoms with Gasteiger partial charge in [-0.05, 0) is 29.8 Å². The van der Waals surface area contributed by atoms with E-state index in [2.05, 4.69) is 4.98 Å². The molecule has 0 spiro atoms. The highest BCUT2D eigenvalue weighted by Crippen LogP contribution is 2.28. The normalized spacial score (nSPS) is 10.5. The molecule has 0 aliphatic rings. The largest absolute Gasteiger partial charge is 0.396 e. The molecule has 142 valence electrons. The van der Waals surface area contributed by atoms with Gasteiger partial charge in [-0.2, -0.15) is 0 Å². The third-order valence-electron chi connectivity index (χ3n) is 4.41. The van der Waals surface area contributed by atoms with Gasteiger partial charge in [0.05, 0.1) is 17.9 Å². The molecule has 0 saturated heterocycles. The molecule has 28 heavy (non-hydrogen) atoms. The summed E-state index contributed by atoms with van der Waals surface area (Å²) < 4.78 is 0. The minimum atomic E-state index is -0.491. The molecule has 0 unspecified atom stereocenters. The van der Waals surface area contributed by atoms with Gasteiger partial charge in [0.2, 0.25) is 11.8 Å². The Morgan fingerprint density at radius 3 is 2.25 bits per heavy atom. The zero-order valence-electron chi connectivity index (χ0n) is 15.6. The van der Waals surface area contributed by atoms with Crippen LogP contribution in [-0.2, 0) is 11.3 Å². The first-order valence-corrected chi connectivity index (χ1v) is 9.00. The van der Waals surface area contributed by atoms with Crippen LogP contribution in [0.1, 0.15) is 29.3 Å². The van der Waals surface area contributed by atoms with E-state index in [9.17, 15) is 9.59 Å². The molecule has 2 aromatic carbocycles. The predicted octanol–water partition coefficient (Wildman–Crippen LogP) is 3.37. The minimum Gasteiger partial charge on any atom is -0.396 e. The molecular formula is C22H22N4O2. The molecule has 2 amide bonds. The maximum absolute atomic E-state index is 12.6. The summed E-state index contributed by atoms with van der Waals surface area (Å²) in [5.74, 6) is -0.162. The fourth-order valence-electron chi connectivity index (χ4n) is 2.87. The first kappa shape index (κ1) is 19.1. The van der Waals surface area contributed by atoms with E-state index in [1.807, 2.05) is 36.4 Å². The van der Waals surface area contributed by atoms with E-state index in [1.54, 1.807) is 42.2 Å². The number of benzene rings is 2. The second-order valence-corrected chi connectivity index (χ2v) is 6.37. The van der Waals surface area contributed by atoms with Crippen LogP contribution in [0.25, 0.3) is 11.3 Å². The van der Waals surface area contributed by atoms with Gasteiger partial charge in [-0.3, -0.25) is 14.5 Å². The van der Waals surface area contributed by atoms with Gasteiger partial charge in [-0.1, -0.05) is 49.4 Å². The summed E-state index contributed by atoms with van der Waals surface area (Å²) in [6.07, 6.45) is 0.316. The summed E-state index contributed by atoms with van der Waals surface area (Å²) in [5.41, 5.74) is 14.8. The molecule has 6 heteroatoms.